The van der Waals surface area contributed by atoms with E-state index in [0.29, 0.717) is 18.3 Å². The number of hydrogen-bond donors (Lipinski definition) is 2. The van der Waals surface area contributed by atoms with Crippen LogP contribution in [0, 0.1) is 5.92 Å². The van der Waals surface area contributed by atoms with Crippen LogP contribution in [0.15, 0.2) is 40.2 Å². The van der Waals surface area contributed by atoms with E-state index in [2.05, 4.69) is 29.5 Å². The summed E-state index contributed by atoms with van der Waals surface area (Å²) in [5.74, 6) is 2.13. The van der Waals surface area contributed by atoms with Crippen molar-refractivity contribution in [3.05, 3.63) is 30.3 Å². The lowest BCUT2D eigenvalue weighted by Crippen LogP contribution is -2.39. The summed E-state index contributed by atoms with van der Waals surface area (Å²) >= 11 is 0. The Bertz CT molecular complexity index is 475. The maximum Gasteiger partial charge on any atom is 0.191 e. The molecule has 4 nitrogen and oxygen atoms in total. The van der Waals surface area contributed by atoms with E-state index in [1.165, 1.54) is 6.42 Å². The Balaban J connectivity index is 1.81. The van der Waals surface area contributed by atoms with Crippen LogP contribution in [0.3, 0.4) is 0 Å². The van der Waals surface area contributed by atoms with Gasteiger partial charge in [0.1, 0.15) is 0 Å². The van der Waals surface area contributed by atoms with E-state index in [1.54, 1.807) is 0 Å². The quantitative estimate of drug-likeness (QED) is 0.621. The Kier molecular flexibility index (Phi) is 5.59. The van der Waals surface area contributed by atoms with Crippen molar-refractivity contribution in [1.29, 1.82) is 0 Å². The number of hydrogen-bond acceptors (Lipinski definition) is 2. The van der Waals surface area contributed by atoms with Gasteiger partial charge in [0.25, 0.3) is 0 Å². The molecule has 0 saturated heterocycles. The molecule has 2 rings (SSSR count). The van der Waals surface area contributed by atoms with Gasteiger partial charge in [0.15, 0.2) is 5.96 Å². The van der Waals surface area contributed by atoms with Crippen LogP contribution in [0.5, 0.6) is 0 Å². The Morgan fingerprint density at radius 2 is 2.10 bits per heavy atom. The first kappa shape index (κ1) is 15.0. The van der Waals surface area contributed by atoms with E-state index in [4.69, 9.17) is 0 Å². The molecule has 0 aromatic heterocycles. The standard InChI is InChI=1S/C15H23N3OS/c1-3-16-15(18-14-11-12(14)2)17-9-10-20(19)13-7-5-4-6-8-13/h4-8,12,14H,3,9-11H2,1-2H3,(H2,16,17,18). The molecule has 1 aromatic carbocycles. The molecule has 1 fully saturated rings. The Morgan fingerprint density at radius 3 is 2.70 bits per heavy atom. The van der Waals surface area contributed by atoms with Crippen LogP contribution in [0.2, 0.25) is 0 Å². The SMILES string of the molecule is CCNC(=NCCS(=O)c1ccccc1)NC1CC1C. The second kappa shape index (κ2) is 7.43. The molecule has 0 aliphatic heterocycles. The third kappa shape index (κ3) is 4.63. The molecule has 5 heteroatoms. The van der Waals surface area contributed by atoms with Gasteiger partial charge in [0.2, 0.25) is 0 Å². The molecule has 0 heterocycles. The maximum atomic E-state index is 12.1. The Labute approximate surface area is 123 Å². The first-order chi connectivity index (χ1) is 9.70. The first-order valence-corrected chi connectivity index (χ1v) is 8.51. The van der Waals surface area contributed by atoms with Gasteiger partial charge in [0.05, 0.1) is 17.3 Å². The van der Waals surface area contributed by atoms with Gasteiger partial charge in [-0.25, -0.2) is 0 Å². The summed E-state index contributed by atoms with van der Waals surface area (Å²) in [7, 11) is -0.970. The van der Waals surface area contributed by atoms with Gasteiger partial charge in [-0.15, -0.1) is 0 Å². The number of guanidine groups is 1. The van der Waals surface area contributed by atoms with Gasteiger partial charge in [0, 0.05) is 23.2 Å². The average molecular weight is 293 g/mol. The van der Waals surface area contributed by atoms with Crippen LogP contribution < -0.4 is 10.6 Å². The van der Waals surface area contributed by atoms with Crippen molar-refractivity contribution >= 4 is 16.8 Å². The molecule has 20 heavy (non-hydrogen) atoms. The van der Waals surface area contributed by atoms with Crippen LogP contribution >= 0.6 is 0 Å². The van der Waals surface area contributed by atoms with Crippen molar-refractivity contribution in [2.75, 3.05) is 18.8 Å². The van der Waals surface area contributed by atoms with Gasteiger partial charge in [-0.2, -0.15) is 0 Å². The highest BCUT2D eigenvalue weighted by Gasteiger charge is 2.33. The lowest BCUT2D eigenvalue weighted by Gasteiger charge is -2.10. The summed E-state index contributed by atoms with van der Waals surface area (Å²) in [6.07, 6.45) is 1.21. The van der Waals surface area contributed by atoms with E-state index < -0.39 is 10.8 Å². The van der Waals surface area contributed by atoms with Crippen molar-refractivity contribution < 1.29 is 4.21 Å². The minimum absolute atomic E-state index is 0.549. The molecule has 1 aromatic rings. The fourth-order valence-corrected chi connectivity index (χ4v) is 2.90. The summed E-state index contributed by atoms with van der Waals surface area (Å²) < 4.78 is 12.1. The fraction of sp³-hybridized carbons (Fsp3) is 0.533. The Morgan fingerprint density at radius 1 is 1.40 bits per heavy atom. The highest BCUT2D eigenvalue weighted by Crippen LogP contribution is 2.28. The zero-order valence-corrected chi connectivity index (χ0v) is 13.0. The smallest absolute Gasteiger partial charge is 0.191 e. The summed E-state index contributed by atoms with van der Waals surface area (Å²) in [6.45, 7) is 5.69. The monoisotopic (exact) mass is 293 g/mol. The van der Waals surface area contributed by atoms with Crippen molar-refractivity contribution in [2.45, 2.75) is 31.2 Å². The van der Waals surface area contributed by atoms with E-state index in [9.17, 15) is 4.21 Å². The summed E-state index contributed by atoms with van der Waals surface area (Å²) in [6, 6.07) is 10.1. The molecule has 3 unspecified atom stereocenters. The molecule has 1 aliphatic rings. The second-order valence-electron chi connectivity index (χ2n) is 5.09. The van der Waals surface area contributed by atoms with Crippen molar-refractivity contribution in [3.8, 4) is 0 Å². The second-order valence-corrected chi connectivity index (χ2v) is 6.66. The molecule has 110 valence electrons. The van der Waals surface area contributed by atoms with E-state index >= 15 is 0 Å². The minimum atomic E-state index is -0.970. The predicted molar refractivity (Wildman–Crippen MR) is 84.4 cm³/mol. The fourth-order valence-electron chi connectivity index (χ4n) is 1.95. The largest absolute Gasteiger partial charge is 0.357 e. The van der Waals surface area contributed by atoms with Gasteiger partial charge in [-0.05, 0) is 31.4 Å². The lowest BCUT2D eigenvalue weighted by atomic mass is 10.4. The predicted octanol–water partition coefficient (Wildman–Crippen LogP) is 1.76. The molecular formula is C15H23N3OS. The minimum Gasteiger partial charge on any atom is -0.357 e. The van der Waals surface area contributed by atoms with Gasteiger partial charge in [-0.3, -0.25) is 9.20 Å². The molecule has 3 atom stereocenters. The van der Waals surface area contributed by atoms with Crippen LogP contribution in [0.25, 0.3) is 0 Å². The van der Waals surface area contributed by atoms with Gasteiger partial charge >= 0.3 is 0 Å². The van der Waals surface area contributed by atoms with Crippen LogP contribution in [-0.2, 0) is 10.8 Å². The van der Waals surface area contributed by atoms with Crippen molar-refractivity contribution in [3.63, 3.8) is 0 Å². The third-order valence-electron chi connectivity index (χ3n) is 3.33. The summed E-state index contributed by atoms with van der Waals surface area (Å²) in [5, 5.41) is 6.62. The number of rotatable bonds is 6. The van der Waals surface area contributed by atoms with Crippen molar-refractivity contribution in [1.82, 2.24) is 10.6 Å². The molecule has 0 radical (unpaired) electrons. The molecular weight excluding hydrogens is 270 g/mol. The zero-order valence-electron chi connectivity index (χ0n) is 12.1. The summed E-state index contributed by atoms with van der Waals surface area (Å²) in [5.41, 5.74) is 0. The molecule has 2 N–H and O–H groups in total. The van der Waals surface area contributed by atoms with Crippen LogP contribution in [0.4, 0.5) is 0 Å². The number of aliphatic imine (C=N–C) groups is 1. The van der Waals surface area contributed by atoms with Crippen molar-refractivity contribution in [2.24, 2.45) is 10.9 Å². The maximum absolute atomic E-state index is 12.1. The Hall–Kier alpha value is -1.36. The molecule has 0 bridgehead atoms. The van der Waals surface area contributed by atoms with E-state index in [1.807, 2.05) is 30.3 Å². The average Bonchev–Trinajstić information content (AvgIpc) is 3.15. The molecule has 1 aliphatic carbocycles. The van der Waals surface area contributed by atoms with E-state index in [-0.39, 0.29) is 0 Å². The van der Waals surface area contributed by atoms with Gasteiger partial charge in [-0.1, -0.05) is 25.1 Å². The lowest BCUT2D eigenvalue weighted by molar-refractivity contribution is 0.682. The highest BCUT2D eigenvalue weighted by atomic mass is 32.2. The van der Waals surface area contributed by atoms with Gasteiger partial charge < -0.3 is 10.6 Å². The summed E-state index contributed by atoms with van der Waals surface area (Å²) in [4.78, 5) is 5.37. The van der Waals surface area contributed by atoms with E-state index in [0.717, 1.165) is 23.3 Å². The number of nitrogens with one attached hydrogen (secondary N) is 2. The topological polar surface area (TPSA) is 53.5 Å². The highest BCUT2D eigenvalue weighted by molar-refractivity contribution is 7.85. The van der Waals surface area contributed by atoms with Crippen LogP contribution in [-0.4, -0.2) is 35.1 Å². The number of nitrogens with zero attached hydrogens (tertiary/aromatic N) is 1. The normalized spacial score (nSPS) is 23.2. The zero-order chi connectivity index (χ0) is 14.4. The van der Waals surface area contributed by atoms with Crippen LogP contribution in [0.1, 0.15) is 20.3 Å². The molecule has 1 saturated carbocycles. The number of benzene rings is 1. The molecule has 0 amide bonds. The molecule has 0 spiro atoms. The first-order valence-electron chi connectivity index (χ1n) is 7.19. The third-order valence-corrected chi connectivity index (χ3v) is 4.68.